The van der Waals surface area contributed by atoms with E-state index in [2.05, 4.69) is 31.2 Å². The predicted octanol–water partition coefficient (Wildman–Crippen LogP) is 3.60. The second kappa shape index (κ2) is 5.97. The van der Waals surface area contributed by atoms with Crippen LogP contribution in [0.25, 0.3) is 0 Å². The summed E-state index contributed by atoms with van der Waals surface area (Å²) in [6, 6.07) is 5.38. The molecule has 0 unspecified atom stereocenters. The molecule has 0 fully saturated rings. The van der Waals surface area contributed by atoms with E-state index >= 15 is 0 Å². The Morgan fingerprint density at radius 2 is 2.10 bits per heavy atom. The van der Waals surface area contributed by atoms with E-state index in [-0.39, 0.29) is 11.4 Å². The summed E-state index contributed by atoms with van der Waals surface area (Å²) in [6.07, 6.45) is 3.61. The van der Waals surface area contributed by atoms with Crippen LogP contribution >= 0.6 is 11.8 Å². The Hall–Kier alpha value is -1.33. The van der Waals surface area contributed by atoms with Crippen LogP contribution in [-0.2, 0) is 13.6 Å². The molecule has 20 heavy (non-hydrogen) atoms. The van der Waals surface area contributed by atoms with E-state index in [1.54, 1.807) is 16.9 Å². The molecule has 108 valence electrons. The molecule has 5 heteroatoms. The zero-order valence-corrected chi connectivity index (χ0v) is 13.1. The zero-order valence-electron chi connectivity index (χ0n) is 12.3. The van der Waals surface area contributed by atoms with Crippen LogP contribution in [-0.4, -0.2) is 15.3 Å². The summed E-state index contributed by atoms with van der Waals surface area (Å²) in [5.41, 5.74) is 0.979. The van der Waals surface area contributed by atoms with Crippen LogP contribution in [0.15, 0.2) is 40.4 Å². The van der Waals surface area contributed by atoms with Crippen molar-refractivity contribution in [2.75, 3.05) is 0 Å². The second-order valence-corrected chi connectivity index (χ2v) is 6.94. The smallest absolute Gasteiger partial charge is 0.137 e. The summed E-state index contributed by atoms with van der Waals surface area (Å²) in [5, 5.41) is 7.43. The minimum absolute atomic E-state index is 0.0274. The number of aromatic nitrogens is 2. The molecular formula is C15H20FN3S. The highest BCUT2D eigenvalue weighted by molar-refractivity contribution is 7.99. The van der Waals surface area contributed by atoms with Gasteiger partial charge in [0.1, 0.15) is 5.82 Å². The molecule has 3 nitrogen and oxygen atoms in total. The normalized spacial score (nSPS) is 11.8. The fourth-order valence-corrected chi connectivity index (χ4v) is 2.53. The molecule has 0 saturated carbocycles. The lowest BCUT2D eigenvalue weighted by molar-refractivity contribution is 0.423. The Balaban J connectivity index is 2.06. The molecule has 0 aliphatic carbocycles. The minimum atomic E-state index is -0.188. The van der Waals surface area contributed by atoms with E-state index in [1.165, 1.54) is 11.8 Å². The predicted molar refractivity (Wildman–Crippen MR) is 80.3 cm³/mol. The third-order valence-electron chi connectivity index (χ3n) is 2.73. The molecule has 1 N–H and O–H groups in total. The molecule has 0 bridgehead atoms. The highest BCUT2D eigenvalue weighted by Gasteiger charge is 2.10. The molecule has 0 aliphatic rings. The molecular weight excluding hydrogens is 273 g/mol. The Labute approximate surface area is 123 Å². The van der Waals surface area contributed by atoms with Crippen molar-refractivity contribution in [1.29, 1.82) is 0 Å². The number of benzene rings is 1. The number of nitrogens with zero attached hydrogens (tertiary/aromatic N) is 2. The van der Waals surface area contributed by atoms with E-state index in [4.69, 9.17) is 0 Å². The fraction of sp³-hybridized carbons (Fsp3) is 0.400. The topological polar surface area (TPSA) is 29.9 Å². The van der Waals surface area contributed by atoms with Crippen LogP contribution in [0.5, 0.6) is 0 Å². The summed E-state index contributed by atoms with van der Waals surface area (Å²) in [4.78, 5) is 1.56. The van der Waals surface area contributed by atoms with Gasteiger partial charge >= 0.3 is 0 Å². The number of aryl methyl sites for hydroxylation is 1. The number of nitrogens with one attached hydrogen (secondary N) is 1. The number of rotatable bonds is 4. The van der Waals surface area contributed by atoms with Gasteiger partial charge in [0, 0.05) is 30.2 Å². The Morgan fingerprint density at radius 1 is 1.35 bits per heavy atom. The standard InChI is InChI=1S/C15H20FN3S/c1-15(2,3)17-8-11-5-6-14(13(16)7-11)20-12-9-18-19(4)10-12/h5-7,9-10,17H,8H2,1-4H3. The van der Waals surface area contributed by atoms with Crippen LogP contribution in [0.4, 0.5) is 4.39 Å². The molecule has 0 spiro atoms. The van der Waals surface area contributed by atoms with E-state index in [0.29, 0.717) is 11.4 Å². The average molecular weight is 293 g/mol. The lowest BCUT2D eigenvalue weighted by atomic mass is 10.1. The highest BCUT2D eigenvalue weighted by Crippen LogP contribution is 2.29. The van der Waals surface area contributed by atoms with Gasteiger partial charge < -0.3 is 5.32 Å². The third kappa shape index (κ3) is 4.35. The van der Waals surface area contributed by atoms with Gasteiger partial charge in [0.25, 0.3) is 0 Å². The van der Waals surface area contributed by atoms with Gasteiger partial charge in [0.15, 0.2) is 0 Å². The van der Waals surface area contributed by atoms with Crippen LogP contribution in [0.1, 0.15) is 26.3 Å². The van der Waals surface area contributed by atoms with Crippen molar-refractivity contribution in [2.45, 2.75) is 42.6 Å². The van der Waals surface area contributed by atoms with Gasteiger partial charge in [-0.2, -0.15) is 5.10 Å². The van der Waals surface area contributed by atoms with Gasteiger partial charge in [-0.05, 0) is 38.5 Å². The third-order valence-corrected chi connectivity index (χ3v) is 3.73. The molecule has 0 amide bonds. The van der Waals surface area contributed by atoms with Gasteiger partial charge in [0.2, 0.25) is 0 Å². The summed E-state index contributed by atoms with van der Waals surface area (Å²) < 4.78 is 15.8. The maximum absolute atomic E-state index is 14.1. The van der Waals surface area contributed by atoms with Gasteiger partial charge in [-0.15, -0.1) is 0 Å². The molecule has 0 saturated heterocycles. The Morgan fingerprint density at radius 3 is 2.65 bits per heavy atom. The number of halogens is 1. The first-order valence-electron chi connectivity index (χ1n) is 6.53. The summed E-state index contributed by atoms with van der Waals surface area (Å²) >= 11 is 1.39. The minimum Gasteiger partial charge on any atom is -0.308 e. The van der Waals surface area contributed by atoms with Crippen LogP contribution in [0.3, 0.4) is 0 Å². The molecule has 2 aromatic rings. The maximum atomic E-state index is 14.1. The quantitative estimate of drug-likeness (QED) is 0.934. The van der Waals surface area contributed by atoms with Crippen molar-refractivity contribution in [3.8, 4) is 0 Å². The zero-order chi connectivity index (χ0) is 14.8. The monoisotopic (exact) mass is 293 g/mol. The molecule has 1 aromatic heterocycles. The summed E-state index contributed by atoms with van der Waals surface area (Å²) in [5.74, 6) is -0.188. The first kappa shape index (κ1) is 15.1. The average Bonchev–Trinajstić information content (AvgIpc) is 2.74. The van der Waals surface area contributed by atoms with Gasteiger partial charge in [0.05, 0.1) is 11.1 Å². The molecule has 0 atom stereocenters. The molecule has 0 aliphatic heterocycles. The first-order valence-corrected chi connectivity index (χ1v) is 7.35. The van der Waals surface area contributed by atoms with Crippen molar-refractivity contribution in [1.82, 2.24) is 15.1 Å². The molecule has 1 heterocycles. The van der Waals surface area contributed by atoms with Crippen LogP contribution in [0.2, 0.25) is 0 Å². The lowest BCUT2D eigenvalue weighted by Gasteiger charge is -2.20. The van der Waals surface area contributed by atoms with Crippen molar-refractivity contribution < 1.29 is 4.39 Å². The van der Waals surface area contributed by atoms with Crippen LogP contribution < -0.4 is 5.32 Å². The summed E-state index contributed by atoms with van der Waals surface area (Å²) in [6.45, 7) is 6.94. The number of hydrogen-bond donors (Lipinski definition) is 1. The van der Waals surface area contributed by atoms with E-state index in [1.807, 2.05) is 25.4 Å². The maximum Gasteiger partial charge on any atom is 0.137 e. The number of hydrogen-bond acceptors (Lipinski definition) is 3. The van der Waals surface area contributed by atoms with Gasteiger partial charge in [-0.1, -0.05) is 17.8 Å². The van der Waals surface area contributed by atoms with Crippen molar-refractivity contribution in [3.05, 3.63) is 42.0 Å². The van der Waals surface area contributed by atoms with Crippen molar-refractivity contribution in [3.63, 3.8) is 0 Å². The SMILES string of the molecule is Cn1cc(Sc2ccc(CNC(C)(C)C)cc2F)cn1. The van der Waals surface area contributed by atoms with E-state index in [0.717, 1.165) is 10.5 Å². The van der Waals surface area contributed by atoms with Gasteiger partial charge in [-0.3, -0.25) is 4.68 Å². The summed E-state index contributed by atoms with van der Waals surface area (Å²) in [7, 11) is 1.85. The van der Waals surface area contributed by atoms with Crippen molar-refractivity contribution >= 4 is 11.8 Å². The Kier molecular flexibility index (Phi) is 4.50. The van der Waals surface area contributed by atoms with Gasteiger partial charge in [-0.25, -0.2) is 4.39 Å². The van der Waals surface area contributed by atoms with Crippen molar-refractivity contribution in [2.24, 2.45) is 7.05 Å². The van der Waals surface area contributed by atoms with Crippen LogP contribution in [0, 0.1) is 5.82 Å². The van der Waals surface area contributed by atoms with E-state index < -0.39 is 0 Å². The highest BCUT2D eigenvalue weighted by atomic mass is 32.2. The Bertz CT molecular complexity index is 587. The van der Waals surface area contributed by atoms with E-state index in [9.17, 15) is 4.39 Å². The molecule has 0 radical (unpaired) electrons. The largest absolute Gasteiger partial charge is 0.308 e. The fourth-order valence-electron chi connectivity index (χ4n) is 1.68. The molecule has 2 rings (SSSR count). The lowest BCUT2D eigenvalue weighted by Crippen LogP contribution is -2.35. The molecule has 1 aromatic carbocycles. The first-order chi connectivity index (χ1) is 9.33. The second-order valence-electron chi connectivity index (χ2n) is 5.82.